The second kappa shape index (κ2) is 6.05. The van der Waals surface area contributed by atoms with Gasteiger partial charge in [-0.1, -0.05) is 30.3 Å². The van der Waals surface area contributed by atoms with Gasteiger partial charge in [0.1, 0.15) is 5.82 Å². The highest BCUT2D eigenvalue weighted by Gasteiger charge is 2.19. The van der Waals surface area contributed by atoms with E-state index in [0.717, 1.165) is 23.8 Å². The molecule has 2 aromatic rings. The van der Waals surface area contributed by atoms with Crippen molar-refractivity contribution in [2.75, 3.05) is 5.75 Å². The Morgan fingerprint density at radius 3 is 2.38 bits per heavy atom. The van der Waals surface area contributed by atoms with Crippen LogP contribution in [0.4, 0.5) is 4.39 Å². The van der Waals surface area contributed by atoms with Gasteiger partial charge in [-0.05, 0) is 30.2 Å². The number of sulfone groups is 1. The van der Waals surface area contributed by atoms with E-state index in [1.807, 2.05) is 30.3 Å². The molecule has 0 aliphatic rings. The fourth-order valence-corrected chi connectivity index (χ4v) is 3.19. The largest absolute Gasteiger partial charge is 0.478 e. The van der Waals surface area contributed by atoms with Gasteiger partial charge in [-0.15, -0.1) is 0 Å². The zero-order valence-electron chi connectivity index (χ0n) is 11.0. The van der Waals surface area contributed by atoms with E-state index in [1.54, 1.807) is 0 Å². The zero-order valence-corrected chi connectivity index (χ0v) is 11.8. The van der Waals surface area contributed by atoms with E-state index in [0.29, 0.717) is 6.42 Å². The molecule has 0 amide bonds. The summed E-state index contributed by atoms with van der Waals surface area (Å²) in [5, 5.41) is 8.83. The van der Waals surface area contributed by atoms with Crippen molar-refractivity contribution >= 4 is 15.8 Å². The molecule has 0 aliphatic carbocycles. The zero-order chi connectivity index (χ0) is 15.5. The van der Waals surface area contributed by atoms with Crippen molar-refractivity contribution < 1.29 is 22.7 Å². The Morgan fingerprint density at radius 1 is 1.10 bits per heavy atom. The van der Waals surface area contributed by atoms with E-state index >= 15 is 0 Å². The number of carbonyl (C=O) groups is 1. The first-order valence-electron chi connectivity index (χ1n) is 6.20. The topological polar surface area (TPSA) is 71.4 Å². The number of halogens is 1. The lowest BCUT2D eigenvalue weighted by Gasteiger charge is -2.06. The van der Waals surface area contributed by atoms with E-state index in [4.69, 9.17) is 5.11 Å². The minimum absolute atomic E-state index is 0.165. The number of rotatable bonds is 5. The van der Waals surface area contributed by atoms with Crippen LogP contribution in [0.5, 0.6) is 0 Å². The Labute approximate surface area is 121 Å². The highest BCUT2D eigenvalue weighted by Crippen LogP contribution is 2.17. The smallest absolute Gasteiger partial charge is 0.338 e. The van der Waals surface area contributed by atoms with Crippen molar-refractivity contribution in [1.29, 1.82) is 0 Å². The number of hydrogen-bond acceptors (Lipinski definition) is 3. The van der Waals surface area contributed by atoms with Crippen molar-refractivity contribution in [2.45, 2.75) is 11.3 Å². The Morgan fingerprint density at radius 2 is 1.76 bits per heavy atom. The molecule has 4 nitrogen and oxygen atoms in total. The van der Waals surface area contributed by atoms with E-state index in [1.165, 1.54) is 0 Å². The van der Waals surface area contributed by atoms with Crippen molar-refractivity contribution in [3.05, 3.63) is 65.5 Å². The van der Waals surface area contributed by atoms with Crippen LogP contribution < -0.4 is 0 Å². The summed E-state index contributed by atoms with van der Waals surface area (Å²) in [5.74, 6) is -2.61. The fraction of sp³-hybridized carbons (Fsp3) is 0.133. The van der Waals surface area contributed by atoms with Gasteiger partial charge < -0.3 is 5.11 Å². The quantitative estimate of drug-likeness (QED) is 0.862. The van der Waals surface area contributed by atoms with Gasteiger partial charge in [-0.3, -0.25) is 0 Å². The molecule has 0 unspecified atom stereocenters. The molecule has 0 bridgehead atoms. The summed E-state index contributed by atoms with van der Waals surface area (Å²) in [6.07, 6.45) is 0.308. The predicted molar refractivity (Wildman–Crippen MR) is 75.6 cm³/mol. The van der Waals surface area contributed by atoms with Gasteiger partial charge in [-0.25, -0.2) is 17.6 Å². The molecular weight excluding hydrogens is 295 g/mol. The second-order valence-corrected chi connectivity index (χ2v) is 6.61. The van der Waals surface area contributed by atoms with Crippen LogP contribution in [0.3, 0.4) is 0 Å². The molecule has 6 heteroatoms. The molecular formula is C15H13FO4S. The van der Waals surface area contributed by atoms with Crippen LogP contribution in [0.25, 0.3) is 0 Å². The third-order valence-corrected chi connectivity index (χ3v) is 4.74. The highest BCUT2D eigenvalue weighted by molar-refractivity contribution is 7.91. The maximum absolute atomic E-state index is 13.3. The van der Waals surface area contributed by atoms with Gasteiger partial charge in [0.2, 0.25) is 0 Å². The predicted octanol–water partition coefficient (Wildman–Crippen LogP) is 2.54. The van der Waals surface area contributed by atoms with Gasteiger partial charge in [-0.2, -0.15) is 0 Å². The van der Waals surface area contributed by atoms with Crippen molar-refractivity contribution in [3.8, 4) is 0 Å². The molecule has 0 spiro atoms. The molecule has 0 atom stereocenters. The normalized spacial score (nSPS) is 11.3. The van der Waals surface area contributed by atoms with E-state index in [9.17, 15) is 17.6 Å². The van der Waals surface area contributed by atoms with Crippen molar-refractivity contribution in [1.82, 2.24) is 0 Å². The van der Waals surface area contributed by atoms with Crippen LogP contribution in [0.1, 0.15) is 15.9 Å². The molecule has 0 aromatic heterocycles. The number of hydrogen-bond donors (Lipinski definition) is 1. The highest BCUT2D eigenvalue weighted by atomic mass is 32.2. The van der Waals surface area contributed by atoms with Gasteiger partial charge in [0.05, 0.1) is 16.2 Å². The lowest BCUT2D eigenvalue weighted by molar-refractivity contribution is 0.0691. The van der Waals surface area contributed by atoms with Crippen LogP contribution in [-0.2, 0) is 16.3 Å². The molecule has 110 valence electrons. The first-order valence-corrected chi connectivity index (χ1v) is 7.85. The Hall–Kier alpha value is -2.21. The van der Waals surface area contributed by atoms with Crippen LogP contribution in [0.15, 0.2) is 53.4 Å². The molecule has 1 N–H and O–H groups in total. The summed E-state index contributed by atoms with van der Waals surface area (Å²) in [5.41, 5.74) is 0.220. The van der Waals surface area contributed by atoms with Gasteiger partial charge in [0, 0.05) is 0 Å². The summed E-state index contributed by atoms with van der Waals surface area (Å²) >= 11 is 0. The lowest BCUT2D eigenvalue weighted by atomic mass is 10.2. The fourth-order valence-electron chi connectivity index (χ4n) is 1.88. The summed E-state index contributed by atoms with van der Waals surface area (Å²) in [6.45, 7) is 0. The van der Waals surface area contributed by atoms with E-state index in [2.05, 4.69) is 0 Å². The average molecular weight is 308 g/mol. The first-order chi connectivity index (χ1) is 9.90. The average Bonchev–Trinajstić information content (AvgIpc) is 2.46. The second-order valence-electron chi connectivity index (χ2n) is 4.50. The third-order valence-electron chi connectivity index (χ3n) is 3.03. The number of benzene rings is 2. The monoisotopic (exact) mass is 308 g/mol. The van der Waals surface area contributed by atoms with Gasteiger partial charge in [0.15, 0.2) is 9.84 Å². The molecule has 2 rings (SSSR count). The first kappa shape index (κ1) is 15.2. The molecule has 21 heavy (non-hydrogen) atoms. The van der Waals surface area contributed by atoms with Crippen LogP contribution in [0.2, 0.25) is 0 Å². The Bertz CT molecular complexity index is 754. The summed E-state index contributed by atoms with van der Waals surface area (Å²) in [4.78, 5) is 10.7. The molecule has 0 aliphatic heterocycles. The lowest BCUT2D eigenvalue weighted by Crippen LogP contribution is -2.11. The molecule has 2 aromatic carbocycles. The van der Waals surface area contributed by atoms with Gasteiger partial charge in [0.25, 0.3) is 0 Å². The number of carboxylic acid groups (broad SMARTS) is 1. The minimum Gasteiger partial charge on any atom is -0.478 e. The maximum Gasteiger partial charge on any atom is 0.338 e. The third kappa shape index (κ3) is 3.66. The van der Waals surface area contributed by atoms with Crippen molar-refractivity contribution in [2.24, 2.45) is 0 Å². The summed E-state index contributed by atoms with van der Waals surface area (Å²) in [6, 6.07) is 11.9. The SMILES string of the molecule is O=C(O)c1cc(S(=O)(=O)CCc2ccccc2)ccc1F. The van der Waals surface area contributed by atoms with Crippen LogP contribution >= 0.6 is 0 Å². The molecule has 0 fully saturated rings. The number of aryl methyl sites for hydroxylation is 1. The maximum atomic E-state index is 13.3. The Balaban J connectivity index is 2.24. The van der Waals surface area contributed by atoms with Crippen molar-refractivity contribution in [3.63, 3.8) is 0 Å². The summed E-state index contributed by atoms with van der Waals surface area (Å²) in [7, 11) is -3.66. The minimum atomic E-state index is -3.66. The molecule has 0 heterocycles. The Kier molecular flexibility index (Phi) is 4.37. The van der Waals surface area contributed by atoms with E-state index in [-0.39, 0.29) is 10.6 Å². The molecule has 0 radical (unpaired) electrons. The number of carboxylic acids is 1. The van der Waals surface area contributed by atoms with Crippen LogP contribution in [-0.4, -0.2) is 25.2 Å². The summed E-state index contributed by atoms with van der Waals surface area (Å²) < 4.78 is 37.6. The molecule has 0 saturated carbocycles. The standard InChI is InChI=1S/C15H13FO4S/c16-14-7-6-12(10-13(14)15(17)18)21(19,20)9-8-11-4-2-1-3-5-11/h1-7,10H,8-9H2,(H,17,18). The van der Waals surface area contributed by atoms with E-state index < -0.39 is 27.2 Å². The number of aromatic carboxylic acids is 1. The van der Waals surface area contributed by atoms with Crippen LogP contribution in [0, 0.1) is 5.82 Å². The molecule has 0 saturated heterocycles. The van der Waals surface area contributed by atoms with Gasteiger partial charge >= 0.3 is 5.97 Å².